The summed E-state index contributed by atoms with van der Waals surface area (Å²) in [7, 11) is 3.03. The van der Waals surface area contributed by atoms with Crippen molar-refractivity contribution in [3.63, 3.8) is 0 Å². The summed E-state index contributed by atoms with van der Waals surface area (Å²) < 4.78 is 10.5. The van der Waals surface area contributed by atoms with E-state index in [1.165, 1.54) is 20.3 Å². The van der Waals surface area contributed by atoms with Crippen LogP contribution in [0.2, 0.25) is 0 Å². The number of aliphatic hydroxyl groups excluding tert-OH is 1. The molecule has 26 heavy (non-hydrogen) atoms. The third kappa shape index (κ3) is 4.06. The molecule has 3 N–H and O–H groups in total. The number of hydrogen-bond donors (Lipinski definition) is 2. The molecule has 0 saturated heterocycles. The second-order valence-corrected chi connectivity index (χ2v) is 5.55. The Balaban J connectivity index is 2.51. The van der Waals surface area contributed by atoms with Crippen molar-refractivity contribution in [1.29, 1.82) is 10.5 Å². The molecule has 0 aromatic heterocycles. The van der Waals surface area contributed by atoms with Crippen LogP contribution in [0.25, 0.3) is 5.76 Å². The van der Waals surface area contributed by atoms with Crippen LogP contribution in [-0.2, 0) is 0 Å². The highest BCUT2D eigenvalue weighted by atomic mass is 16.5. The molecular formula is C20H19N3O3. The van der Waals surface area contributed by atoms with Gasteiger partial charge in [0.2, 0.25) is 0 Å². The third-order valence-electron chi connectivity index (χ3n) is 3.97. The van der Waals surface area contributed by atoms with E-state index in [4.69, 9.17) is 15.2 Å². The largest absolute Gasteiger partial charge is 0.508 e. The number of nitrogen functional groups attached to an aromatic ring is 1. The van der Waals surface area contributed by atoms with E-state index >= 15 is 0 Å². The Kier molecular flexibility index (Phi) is 6.08. The van der Waals surface area contributed by atoms with Crippen molar-refractivity contribution in [1.82, 2.24) is 0 Å². The van der Waals surface area contributed by atoms with E-state index in [0.29, 0.717) is 28.3 Å². The van der Waals surface area contributed by atoms with E-state index in [-0.39, 0.29) is 5.76 Å². The van der Waals surface area contributed by atoms with Gasteiger partial charge in [-0.3, -0.25) is 0 Å². The Bertz CT molecular complexity index is 863. The van der Waals surface area contributed by atoms with E-state index < -0.39 is 11.8 Å². The first-order chi connectivity index (χ1) is 12.5. The fourth-order valence-electron chi connectivity index (χ4n) is 2.55. The lowest BCUT2D eigenvalue weighted by Crippen LogP contribution is -2.09. The molecule has 0 aliphatic heterocycles. The lowest BCUT2D eigenvalue weighted by molar-refractivity contribution is 0.354. The first-order valence-corrected chi connectivity index (χ1v) is 7.82. The van der Waals surface area contributed by atoms with Gasteiger partial charge in [0.1, 0.15) is 11.7 Å². The van der Waals surface area contributed by atoms with E-state index in [1.807, 2.05) is 12.1 Å². The smallest absolute Gasteiger partial charge is 0.161 e. The van der Waals surface area contributed by atoms with Crippen LogP contribution >= 0.6 is 0 Å². The van der Waals surface area contributed by atoms with Crippen molar-refractivity contribution in [2.45, 2.75) is 5.92 Å². The van der Waals surface area contributed by atoms with Gasteiger partial charge in [0.25, 0.3) is 0 Å². The first kappa shape index (κ1) is 18.7. The van der Waals surface area contributed by atoms with Crippen LogP contribution in [-0.4, -0.2) is 19.3 Å². The second-order valence-electron chi connectivity index (χ2n) is 5.55. The lowest BCUT2D eigenvalue weighted by atomic mass is 9.86. The molecule has 0 unspecified atom stereocenters. The molecular weight excluding hydrogens is 330 g/mol. The van der Waals surface area contributed by atoms with Gasteiger partial charge in [-0.05, 0) is 48.0 Å². The fourth-order valence-corrected chi connectivity index (χ4v) is 2.55. The summed E-state index contributed by atoms with van der Waals surface area (Å²) in [6.07, 6.45) is 1.49. The molecule has 2 aromatic rings. The topological polar surface area (TPSA) is 112 Å². The summed E-state index contributed by atoms with van der Waals surface area (Å²) in [5.41, 5.74) is 7.42. The molecule has 2 rings (SSSR count). The highest BCUT2D eigenvalue weighted by molar-refractivity contribution is 5.62. The van der Waals surface area contributed by atoms with E-state index in [0.717, 1.165) is 0 Å². The maximum Gasteiger partial charge on any atom is 0.161 e. The molecule has 0 heterocycles. The third-order valence-corrected chi connectivity index (χ3v) is 3.97. The highest BCUT2D eigenvalue weighted by Crippen LogP contribution is 2.35. The van der Waals surface area contributed by atoms with Crippen molar-refractivity contribution in [3.8, 4) is 23.6 Å². The fraction of sp³-hybridized carbons (Fsp3) is 0.200. The van der Waals surface area contributed by atoms with Gasteiger partial charge in [0, 0.05) is 17.2 Å². The van der Waals surface area contributed by atoms with Crippen molar-refractivity contribution >= 4 is 11.4 Å². The molecule has 0 radical (unpaired) electrons. The molecule has 2 aromatic carbocycles. The number of allylic oxidation sites excluding steroid dienone is 1. The van der Waals surface area contributed by atoms with Crippen LogP contribution in [0.5, 0.6) is 11.5 Å². The summed E-state index contributed by atoms with van der Waals surface area (Å²) in [6.45, 7) is 0. The number of methoxy groups -OCH3 is 2. The SMILES string of the molecule is COc1ccc([C@H](/C=C(\O)c2ccc(N)cc2)C(C#N)C#N)cc1OC. The van der Waals surface area contributed by atoms with Gasteiger partial charge in [-0.15, -0.1) is 0 Å². The molecule has 132 valence electrons. The number of hydrogen-bond acceptors (Lipinski definition) is 6. The van der Waals surface area contributed by atoms with E-state index in [9.17, 15) is 15.6 Å². The van der Waals surface area contributed by atoms with Gasteiger partial charge in [0.15, 0.2) is 11.5 Å². The average Bonchev–Trinajstić information content (AvgIpc) is 2.67. The summed E-state index contributed by atoms with van der Waals surface area (Å²) in [5, 5.41) is 29.2. The standard InChI is InChI=1S/C20H19N3O3/c1-25-19-8-5-14(9-20(19)26-2)17(15(11-21)12-22)10-18(24)13-3-6-16(23)7-4-13/h3-10,15,17,24H,23H2,1-2H3/b18-10-/t17-/m0/s1. The number of ether oxygens (including phenoxy) is 2. The maximum absolute atomic E-state index is 10.5. The first-order valence-electron chi connectivity index (χ1n) is 7.82. The quantitative estimate of drug-likeness (QED) is 0.608. The van der Waals surface area contributed by atoms with Crippen molar-refractivity contribution in [3.05, 3.63) is 59.7 Å². The van der Waals surface area contributed by atoms with Gasteiger partial charge >= 0.3 is 0 Å². The lowest BCUT2D eigenvalue weighted by Gasteiger charge is -2.17. The molecule has 6 heteroatoms. The van der Waals surface area contributed by atoms with Crippen LogP contribution in [0.15, 0.2) is 48.5 Å². The Labute approximate surface area is 152 Å². The van der Waals surface area contributed by atoms with Gasteiger partial charge in [0.05, 0.1) is 26.4 Å². The van der Waals surface area contributed by atoms with Crippen LogP contribution in [0.1, 0.15) is 17.0 Å². The summed E-state index contributed by atoms with van der Waals surface area (Å²) >= 11 is 0. The summed E-state index contributed by atoms with van der Waals surface area (Å²) in [6, 6.07) is 15.7. The Morgan fingerprint density at radius 2 is 1.65 bits per heavy atom. The molecule has 0 aliphatic carbocycles. The Hall–Kier alpha value is -3.64. The second kappa shape index (κ2) is 8.46. The zero-order valence-corrected chi connectivity index (χ0v) is 14.5. The zero-order chi connectivity index (χ0) is 19.1. The molecule has 0 spiro atoms. The minimum atomic E-state index is -0.982. The van der Waals surface area contributed by atoms with Gasteiger partial charge in [-0.2, -0.15) is 10.5 Å². The van der Waals surface area contributed by atoms with Gasteiger partial charge in [-0.1, -0.05) is 6.07 Å². The number of aliphatic hydroxyl groups is 1. The number of rotatable bonds is 6. The van der Waals surface area contributed by atoms with Crippen molar-refractivity contribution in [2.24, 2.45) is 5.92 Å². The van der Waals surface area contributed by atoms with Crippen molar-refractivity contribution in [2.75, 3.05) is 20.0 Å². The van der Waals surface area contributed by atoms with Crippen LogP contribution in [0.4, 0.5) is 5.69 Å². The molecule has 0 bridgehead atoms. The predicted molar refractivity (Wildman–Crippen MR) is 98.5 cm³/mol. The van der Waals surface area contributed by atoms with E-state index in [1.54, 1.807) is 42.5 Å². The highest BCUT2D eigenvalue weighted by Gasteiger charge is 2.23. The molecule has 6 nitrogen and oxygen atoms in total. The van der Waals surface area contributed by atoms with Crippen molar-refractivity contribution < 1.29 is 14.6 Å². The number of nitriles is 2. The van der Waals surface area contributed by atoms with Gasteiger partial charge in [-0.25, -0.2) is 0 Å². The van der Waals surface area contributed by atoms with Crippen LogP contribution < -0.4 is 15.2 Å². The number of nitrogens with zero attached hydrogens (tertiary/aromatic N) is 2. The maximum atomic E-state index is 10.5. The predicted octanol–water partition coefficient (Wildman–Crippen LogP) is 3.63. The minimum Gasteiger partial charge on any atom is -0.508 e. The van der Waals surface area contributed by atoms with Gasteiger partial charge < -0.3 is 20.3 Å². The molecule has 0 amide bonds. The Morgan fingerprint density at radius 1 is 1.04 bits per heavy atom. The normalized spacial score (nSPS) is 12.1. The number of anilines is 1. The summed E-state index contributed by atoms with van der Waals surface area (Å²) in [4.78, 5) is 0. The summed E-state index contributed by atoms with van der Waals surface area (Å²) in [5.74, 6) is -0.663. The zero-order valence-electron chi connectivity index (χ0n) is 14.5. The molecule has 0 fully saturated rings. The molecule has 0 aliphatic rings. The number of nitrogens with two attached hydrogens (primary N) is 1. The van der Waals surface area contributed by atoms with Crippen LogP contribution in [0, 0.1) is 28.6 Å². The van der Waals surface area contributed by atoms with Crippen LogP contribution in [0.3, 0.4) is 0 Å². The molecule has 0 saturated carbocycles. The Morgan fingerprint density at radius 3 is 2.19 bits per heavy atom. The number of benzene rings is 2. The average molecular weight is 349 g/mol. The molecule has 1 atom stereocenters. The minimum absolute atomic E-state index is 0.0414. The van der Waals surface area contributed by atoms with E-state index in [2.05, 4.69) is 0 Å². The monoisotopic (exact) mass is 349 g/mol.